The molecular weight excluding hydrogens is 160 g/mol. The molecule has 1 aliphatic heterocycles. The lowest BCUT2D eigenvalue weighted by Gasteiger charge is -2.39. The Kier molecular flexibility index (Phi) is 2.82. The SMILES string of the molecule is CC(C)C1(C)CC(Cl)CCO1. The maximum absolute atomic E-state index is 6.07. The summed E-state index contributed by atoms with van der Waals surface area (Å²) in [5.74, 6) is 0.559. The molecule has 2 atom stereocenters. The van der Waals surface area contributed by atoms with Crippen molar-refractivity contribution in [1.82, 2.24) is 0 Å². The number of hydrogen-bond donors (Lipinski definition) is 0. The maximum Gasteiger partial charge on any atom is 0.0691 e. The van der Waals surface area contributed by atoms with Crippen molar-refractivity contribution in [3.63, 3.8) is 0 Å². The van der Waals surface area contributed by atoms with Gasteiger partial charge in [0.1, 0.15) is 0 Å². The van der Waals surface area contributed by atoms with Crippen LogP contribution in [-0.2, 0) is 4.74 Å². The van der Waals surface area contributed by atoms with Crippen LogP contribution in [0.15, 0.2) is 0 Å². The van der Waals surface area contributed by atoms with E-state index in [0.29, 0.717) is 11.3 Å². The van der Waals surface area contributed by atoms with Crippen molar-refractivity contribution in [2.75, 3.05) is 6.61 Å². The lowest BCUT2D eigenvalue weighted by Crippen LogP contribution is -2.41. The summed E-state index contributed by atoms with van der Waals surface area (Å²) < 4.78 is 5.71. The van der Waals surface area contributed by atoms with Crippen molar-refractivity contribution in [3.8, 4) is 0 Å². The van der Waals surface area contributed by atoms with Gasteiger partial charge in [-0.2, -0.15) is 0 Å². The lowest BCUT2D eigenvalue weighted by atomic mass is 9.85. The van der Waals surface area contributed by atoms with E-state index >= 15 is 0 Å². The summed E-state index contributed by atoms with van der Waals surface area (Å²) in [6.45, 7) is 7.36. The van der Waals surface area contributed by atoms with Crippen LogP contribution in [-0.4, -0.2) is 17.6 Å². The van der Waals surface area contributed by atoms with E-state index in [2.05, 4.69) is 20.8 Å². The topological polar surface area (TPSA) is 9.23 Å². The first kappa shape index (κ1) is 9.34. The molecule has 0 aromatic heterocycles. The smallest absolute Gasteiger partial charge is 0.0691 e. The fourth-order valence-electron chi connectivity index (χ4n) is 1.42. The molecule has 2 unspecified atom stereocenters. The van der Waals surface area contributed by atoms with E-state index in [1.807, 2.05) is 0 Å². The Morgan fingerprint density at radius 1 is 1.55 bits per heavy atom. The molecule has 0 aliphatic carbocycles. The Bertz CT molecular complexity index is 136. The van der Waals surface area contributed by atoms with Gasteiger partial charge >= 0.3 is 0 Å². The Morgan fingerprint density at radius 2 is 2.18 bits per heavy atom. The van der Waals surface area contributed by atoms with E-state index in [9.17, 15) is 0 Å². The summed E-state index contributed by atoms with van der Waals surface area (Å²) in [5, 5.41) is 0.316. The average molecular weight is 177 g/mol. The number of hydrogen-bond acceptors (Lipinski definition) is 1. The van der Waals surface area contributed by atoms with E-state index in [-0.39, 0.29) is 5.60 Å². The normalized spacial score (nSPS) is 39.5. The van der Waals surface area contributed by atoms with Gasteiger partial charge in [-0.1, -0.05) is 13.8 Å². The number of ether oxygens (including phenoxy) is 1. The minimum atomic E-state index is 0.0185. The van der Waals surface area contributed by atoms with Gasteiger partial charge in [0, 0.05) is 12.0 Å². The highest BCUT2D eigenvalue weighted by atomic mass is 35.5. The molecule has 1 rings (SSSR count). The van der Waals surface area contributed by atoms with Crippen LogP contribution in [0.1, 0.15) is 33.6 Å². The zero-order chi connectivity index (χ0) is 8.48. The third-order valence-electron chi connectivity index (χ3n) is 2.71. The molecule has 0 aromatic rings. The van der Waals surface area contributed by atoms with Crippen LogP contribution in [0.25, 0.3) is 0 Å². The minimum Gasteiger partial charge on any atom is -0.375 e. The highest BCUT2D eigenvalue weighted by Gasteiger charge is 2.34. The summed E-state index contributed by atoms with van der Waals surface area (Å²) in [7, 11) is 0. The molecule has 0 bridgehead atoms. The van der Waals surface area contributed by atoms with Crippen LogP contribution in [0.5, 0.6) is 0 Å². The Labute approximate surface area is 74.1 Å². The van der Waals surface area contributed by atoms with Gasteiger partial charge < -0.3 is 4.74 Å². The predicted molar refractivity (Wildman–Crippen MR) is 48.1 cm³/mol. The van der Waals surface area contributed by atoms with E-state index in [4.69, 9.17) is 16.3 Å². The Hall–Kier alpha value is 0.250. The molecule has 2 heteroatoms. The first-order valence-corrected chi connectivity index (χ1v) is 4.76. The van der Waals surface area contributed by atoms with Gasteiger partial charge in [0.25, 0.3) is 0 Å². The monoisotopic (exact) mass is 176 g/mol. The molecule has 1 saturated heterocycles. The second-order valence-electron chi connectivity index (χ2n) is 3.91. The molecule has 1 fully saturated rings. The van der Waals surface area contributed by atoms with Crippen LogP contribution in [0.3, 0.4) is 0 Å². The van der Waals surface area contributed by atoms with Crippen LogP contribution < -0.4 is 0 Å². The van der Waals surface area contributed by atoms with Gasteiger partial charge in [-0.3, -0.25) is 0 Å². The molecule has 1 heterocycles. The van der Waals surface area contributed by atoms with Crippen molar-refractivity contribution in [3.05, 3.63) is 0 Å². The van der Waals surface area contributed by atoms with Crippen molar-refractivity contribution in [2.45, 2.75) is 44.6 Å². The molecule has 0 amide bonds. The van der Waals surface area contributed by atoms with Crippen molar-refractivity contribution >= 4 is 11.6 Å². The highest BCUT2D eigenvalue weighted by molar-refractivity contribution is 6.20. The lowest BCUT2D eigenvalue weighted by molar-refractivity contribution is -0.0929. The second-order valence-corrected chi connectivity index (χ2v) is 4.52. The summed E-state index contributed by atoms with van der Waals surface area (Å²) in [4.78, 5) is 0. The largest absolute Gasteiger partial charge is 0.375 e. The summed E-state index contributed by atoms with van der Waals surface area (Å²) >= 11 is 6.07. The average Bonchev–Trinajstić information content (AvgIpc) is 1.86. The molecule has 0 radical (unpaired) electrons. The first-order chi connectivity index (χ1) is 5.04. The van der Waals surface area contributed by atoms with E-state index in [1.165, 1.54) is 0 Å². The van der Waals surface area contributed by atoms with Crippen molar-refractivity contribution in [2.24, 2.45) is 5.92 Å². The van der Waals surface area contributed by atoms with Crippen molar-refractivity contribution < 1.29 is 4.74 Å². The molecule has 0 N–H and O–H groups in total. The molecule has 0 aromatic carbocycles. The molecule has 11 heavy (non-hydrogen) atoms. The molecule has 1 nitrogen and oxygen atoms in total. The summed E-state index contributed by atoms with van der Waals surface area (Å²) in [6.07, 6.45) is 2.00. The summed E-state index contributed by atoms with van der Waals surface area (Å²) in [5.41, 5.74) is 0.0185. The quantitative estimate of drug-likeness (QED) is 0.559. The molecule has 0 saturated carbocycles. The van der Waals surface area contributed by atoms with E-state index in [0.717, 1.165) is 19.4 Å². The van der Waals surface area contributed by atoms with Crippen molar-refractivity contribution in [1.29, 1.82) is 0 Å². The molecule has 66 valence electrons. The zero-order valence-corrected chi connectivity index (χ0v) is 8.32. The van der Waals surface area contributed by atoms with Crippen LogP contribution in [0.4, 0.5) is 0 Å². The third kappa shape index (κ3) is 2.09. The van der Waals surface area contributed by atoms with E-state index in [1.54, 1.807) is 0 Å². The van der Waals surface area contributed by atoms with E-state index < -0.39 is 0 Å². The molecule has 1 aliphatic rings. The predicted octanol–water partition coefficient (Wildman–Crippen LogP) is 2.82. The number of alkyl halides is 1. The third-order valence-corrected chi connectivity index (χ3v) is 3.08. The van der Waals surface area contributed by atoms with Gasteiger partial charge in [-0.25, -0.2) is 0 Å². The standard InChI is InChI=1S/C9H17ClO/c1-7(2)9(3)6-8(10)4-5-11-9/h7-8H,4-6H2,1-3H3. The van der Waals surface area contributed by atoms with Crippen LogP contribution >= 0.6 is 11.6 Å². The zero-order valence-electron chi connectivity index (χ0n) is 7.56. The fraction of sp³-hybridized carbons (Fsp3) is 1.00. The highest BCUT2D eigenvalue weighted by Crippen LogP contribution is 2.33. The van der Waals surface area contributed by atoms with Gasteiger partial charge in [0.2, 0.25) is 0 Å². The number of halogens is 1. The fourth-order valence-corrected chi connectivity index (χ4v) is 1.82. The molecule has 0 spiro atoms. The Balaban J connectivity index is 2.55. The number of rotatable bonds is 1. The summed E-state index contributed by atoms with van der Waals surface area (Å²) in [6, 6.07) is 0. The second kappa shape index (κ2) is 3.32. The van der Waals surface area contributed by atoms with Gasteiger partial charge in [-0.15, -0.1) is 11.6 Å². The van der Waals surface area contributed by atoms with Gasteiger partial charge in [-0.05, 0) is 25.7 Å². The van der Waals surface area contributed by atoms with Gasteiger partial charge in [0.05, 0.1) is 5.60 Å². The molecular formula is C9H17ClO. The van der Waals surface area contributed by atoms with Crippen LogP contribution in [0.2, 0.25) is 0 Å². The first-order valence-electron chi connectivity index (χ1n) is 4.32. The minimum absolute atomic E-state index is 0.0185. The van der Waals surface area contributed by atoms with Gasteiger partial charge in [0.15, 0.2) is 0 Å². The maximum atomic E-state index is 6.07. The van der Waals surface area contributed by atoms with Crippen LogP contribution in [0, 0.1) is 5.92 Å². The Morgan fingerprint density at radius 3 is 2.55 bits per heavy atom.